The predicted molar refractivity (Wildman–Crippen MR) is 77.8 cm³/mol. The minimum Gasteiger partial charge on any atom is -0.439 e. The van der Waals surface area contributed by atoms with Gasteiger partial charge < -0.3 is 4.74 Å². The number of hydrogen-bond acceptors (Lipinski definition) is 2. The van der Waals surface area contributed by atoms with E-state index in [2.05, 4.69) is 27.8 Å². The second-order valence-corrected chi connectivity index (χ2v) is 4.82. The van der Waals surface area contributed by atoms with Crippen molar-refractivity contribution in [1.82, 2.24) is 4.98 Å². The quantitative estimate of drug-likeness (QED) is 0.739. The van der Waals surface area contributed by atoms with Crippen LogP contribution in [-0.2, 0) is 11.8 Å². The number of nitrogens with zero attached hydrogens (tertiary/aromatic N) is 1. The van der Waals surface area contributed by atoms with Crippen LogP contribution in [0.3, 0.4) is 0 Å². The fraction of sp³-hybridized carbons (Fsp3) is 0.214. The van der Waals surface area contributed by atoms with Gasteiger partial charge in [-0.25, -0.2) is 4.98 Å². The van der Waals surface area contributed by atoms with Crippen LogP contribution in [0, 0.1) is 0 Å². The number of halogens is 2. The van der Waals surface area contributed by atoms with Crippen LogP contribution in [0.5, 0.6) is 11.6 Å². The van der Waals surface area contributed by atoms with Crippen LogP contribution in [0.25, 0.3) is 0 Å². The Morgan fingerprint density at radius 2 is 2.11 bits per heavy atom. The Balaban J connectivity index is 2.17. The highest BCUT2D eigenvalue weighted by atomic mass is 79.9. The zero-order valence-corrected chi connectivity index (χ0v) is 12.3. The van der Waals surface area contributed by atoms with Crippen molar-refractivity contribution in [1.29, 1.82) is 0 Å². The lowest BCUT2D eigenvalue weighted by atomic mass is 10.1. The van der Waals surface area contributed by atoms with E-state index in [-0.39, 0.29) is 0 Å². The molecule has 0 aliphatic carbocycles. The highest BCUT2D eigenvalue weighted by molar-refractivity contribution is 9.08. The zero-order chi connectivity index (χ0) is 13.0. The molecule has 0 spiro atoms. The van der Waals surface area contributed by atoms with Gasteiger partial charge in [-0.3, -0.25) is 0 Å². The minimum absolute atomic E-state index is 0.587. The van der Waals surface area contributed by atoms with E-state index in [0.717, 1.165) is 33.6 Å². The molecular formula is C14H13BrClNO. The van der Waals surface area contributed by atoms with E-state index >= 15 is 0 Å². The van der Waals surface area contributed by atoms with E-state index in [1.165, 1.54) is 0 Å². The first kappa shape index (κ1) is 13.4. The standard InChI is InChI=1S/C14H13BrClNO/c1-2-11-7-12(4-5-13(11)16)18-14-6-3-10(8-15)9-17-14/h3-7,9H,2,8H2,1H3. The largest absolute Gasteiger partial charge is 0.439 e. The van der Waals surface area contributed by atoms with Crippen LogP contribution in [0.2, 0.25) is 5.02 Å². The number of benzene rings is 1. The van der Waals surface area contributed by atoms with Crippen LogP contribution in [0.4, 0.5) is 0 Å². The summed E-state index contributed by atoms with van der Waals surface area (Å²) >= 11 is 9.44. The lowest BCUT2D eigenvalue weighted by Gasteiger charge is -2.07. The lowest BCUT2D eigenvalue weighted by Crippen LogP contribution is -1.90. The summed E-state index contributed by atoms with van der Waals surface area (Å²) in [6.07, 6.45) is 2.67. The molecule has 2 aromatic rings. The Hall–Kier alpha value is -1.06. The van der Waals surface area contributed by atoms with Gasteiger partial charge in [0.15, 0.2) is 0 Å². The van der Waals surface area contributed by atoms with Gasteiger partial charge in [-0.05, 0) is 35.7 Å². The molecule has 0 aliphatic heterocycles. The van der Waals surface area contributed by atoms with E-state index in [4.69, 9.17) is 16.3 Å². The van der Waals surface area contributed by atoms with Crippen LogP contribution in [0.1, 0.15) is 18.1 Å². The highest BCUT2D eigenvalue weighted by Gasteiger charge is 2.03. The number of rotatable bonds is 4. The Morgan fingerprint density at radius 3 is 2.72 bits per heavy atom. The first-order chi connectivity index (χ1) is 8.72. The number of ether oxygens (including phenoxy) is 1. The van der Waals surface area contributed by atoms with Crippen molar-refractivity contribution in [3.63, 3.8) is 0 Å². The third-order valence-corrected chi connectivity index (χ3v) is 3.59. The molecule has 0 atom stereocenters. The van der Waals surface area contributed by atoms with Gasteiger partial charge in [0.1, 0.15) is 5.75 Å². The molecule has 0 saturated heterocycles. The zero-order valence-electron chi connectivity index (χ0n) is 9.99. The first-order valence-corrected chi connectivity index (χ1v) is 7.20. The highest BCUT2D eigenvalue weighted by Crippen LogP contribution is 2.25. The summed E-state index contributed by atoms with van der Waals surface area (Å²) < 4.78 is 5.69. The van der Waals surface area contributed by atoms with Gasteiger partial charge >= 0.3 is 0 Å². The number of aryl methyl sites for hydroxylation is 1. The lowest BCUT2D eigenvalue weighted by molar-refractivity contribution is 0.462. The van der Waals surface area contributed by atoms with Crippen LogP contribution in [-0.4, -0.2) is 4.98 Å². The fourth-order valence-electron chi connectivity index (χ4n) is 1.56. The SMILES string of the molecule is CCc1cc(Oc2ccc(CBr)cn2)ccc1Cl. The number of hydrogen-bond donors (Lipinski definition) is 0. The third kappa shape index (κ3) is 3.24. The molecule has 18 heavy (non-hydrogen) atoms. The van der Waals surface area contributed by atoms with E-state index in [1.54, 1.807) is 6.20 Å². The van der Waals surface area contributed by atoms with E-state index < -0.39 is 0 Å². The van der Waals surface area contributed by atoms with Gasteiger partial charge in [-0.15, -0.1) is 0 Å². The molecule has 0 fully saturated rings. The summed E-state index contributed by atoms with van der Waals surface area (Å²) in [7, 11) is 0. The maximum atomic E-state index is 6.06. The molecule has 1 aromatic carbocycles. The first-order valence-electron chi connectivity index (χ1n) is 5.70. The summed E-state index contributed by atoms with van der Waals surface area (Å²) in [6, 6.07) is 9.48. The van der Waals surface area contributed by atoms with Gasteiger partial charge in [0.05, 0.1) is 0 Å². The molecule has 0 saturated carbocycles. The summed E-state index contributed by atoms with van der Waals surface area (Å²) in [5, 5.41) is 1.56. The van der Waals surface area contributed by atoms with Gasteiger partial charge in [-0.1, -0.05) is 40.5 Å². The van der Waals surface area contributed by atoms with E-state index in [9.17, 15) is 0 Å². The average Bonchev–Trinajstić information content (AvgIpc) is 2.42. The maximum Gasteiger partial charge on any atom is 0.219 e. The minimum atomic E-state index is 0.587. The van der Waals surface area contributed by atoms with Crippen molar-refractivity contribution in [2.24, 2.45) is 0 Å². The summed E-state index contributed by atoms with van der Waals surface area (Å²) in [5.41, 5.74) is 2.19. The molecule has 0 amide bonds. The van der Waals surface area contributed by atoms with Crippen molar-refractivity contribution in [2.45, 2.75) is 18.7 Å². The Labute approximate surface area is 120 Å². The molecular weight excluding hydrogens is 314 g/mol. The average molecular weight is 327 g/mol. The van der Waals surface area contributed by atoms with Gasteiger partial charge in [-0.2, -0.15) is 0 Å². The molecule has 0 unspecified atom stereocenters. The molecule has 0 N–H and O–H groups in total. The number of alkyl halides is 1. The fourth-order valence-corrected chi connectivity index (χ4v) is 2.14. The monoisotopic (exact) mass is 325 g/mol. The molecule has 0 bridgehead atoms. The van der Waals surface area contributed by atoms with E-state index in [0.29, 0.717) is 5.88 Å². The number of aromatic nitrogens is 1. The van der Waals surface area contributed by atoms with Crippen molar-refractivity contribution in [3.05, 3.63) is 52.7 Å². The third-order valence-electron chi connectivity index (χ3n) is 2.57. The van der Waals surface area contributed by atoms with Crippen LogP contribution >= 0.6 is 27.5 Å². The Morgan fingerprint density at radius 1 is 1.28 bits per heavy atom. The second-order valence-electron chi connectivity index (χ2n) is 3.85. The summed E-state index contributed by atoms with van der Waals surface area (Å²) in [5.74, 6) is 1.35. The molecule has 0 aliphatic rings. The normalized spacial score (nSPS) is 10.4. The maximum absolute atomic E-state index is 6.06. The number of pyridine rings is 1. The Kier molecular flexibility index (Phi) is 4.61. The molecule has 2 rings (SSSR count). The summed E-state index contributed by atoms with van der Waals surface area (Å²) in [6.45, 7) is 2.06. The summed E-state index contributed by atoms with van der Waals surface area (Å²) in [4.78, 5) is 4.24. The van der Waals surface area contributed by atoms with Crippen molar-refractivity contribution < 1.29 is 4.74 Å². The molecule has 1 aromatic heterocycles. The molecule has 1 heterocycles. The van der Waals surface area contributed by atoms with Crippen molar-refractivity contribution in [3.8, 4) is 11.6 Å². The topological polar surface area (TPSA) is 22.1 Å². The molecule has 2 nitrogen and oxygen atoms in total. The molecule has 4 heteroatoms. The Bertz CT molecular complexity index is 528. The molecule has 94 valence electrons. The van der Waals surface area contributed by atoms with Crippen molar-refractivity contribution in [2.75, 3.05) is 0 Å². The second kappa shape index (κ2) is 6.21. The van der Waals surface area contributed by atoms with Gasteiger partial charge in [0.25, 0.3) is 0 Å². The predicted octanol–water partition coefficient (Wildman–Crippen LogP) is 4.98. The molecule has 0 radical (unpaired) electrons. The van der Waals surface area contributed by atoms with Crippen molar-refractivity contribution >= 4 is 27.5 Å². The van der Waals surface area contributed by atoms with E-state index in [1.807, 2.05) is 30.3 Å². The van der Waals surface area contributed by atoms with Crippen LogP contribution in [0.15, 0.2) is 36.5 Å². The van der Waals surface area contributed by atoms with Crippen LogP contribution < -0.4 is 4.74 Å². The van der Waals surface area contributed by atoms with Gasteiger partial charge in [0.2, 0.25) is 5.88 Å². The smallest absolute Gasteiger partial charge is 0.219 e. The van der Waals surface area contributed by atoms with Gasteiger partial charge in [0, 0.05) is 22.6 Å².